The highest BCUT2D eigenvalue weighted by Gasteiger charge is 2.21. The lowest BCUT2D eigenvalue weighted by Crippen LogP contribution is -2.41. The van der Waals surface area contributed by atoms with Crippen molar-refractivity contribution in [3.8, 4) is 0 Å². The van der Waals surface area contributed by atoms with Gasteiger partial charge in [-0.25, -0.2) is 0 Å². The lowest BCUT2D eigenvalue weighted by molar-refractivity contribution is -0.162. The van der Waals surface area contributed by atoms with Gasteiger partial charge in [0.05, 0.1) is 6.42 Å². The fourth-order valence-corrected chi connectivity index (χ4v) is 1.26. The zero-order chi connectivity index (χ0) is 10.8. The topological polar surface area (TPSA) is 88.9 Å². The van der Waals surface area contributed by atoms with E-state index in [2.05, 4.69) is 10.1 Å². The molecule has 0 spiro atoms. The summed E-state index contributed by atoms with van der Waals surface area (Å²) < 4.78 is 0. The average molecular weight is 216 g/mol. The molecular formula is C8H10ClN3O2. The second-order valence-electron chi connectivity index (χ2n) is 3.05. The summed E-state index contributed by atoms with van der Waals surface area (Å²) in [5.41, 5.74) is 9.30. The molecule has 0 fully saturated rings. The third-order valence-electron chi connectivity index (χ3n) is 1.58. The summed E-state index contributed by atoms with van der Waals surface area (Å²) in [6.07, 6.45) is 3.42. The van der Waals surface area contributed by atoms with Crippen LogP contribution >= 0.6 is 11.6 Å². The molecule has 0 heterocycles. The number of aliphatic hydroxyl groups is 2. The molecule has 0 aromatic rings. The van der Waals surface area contributed by atoms with Crippen LogP contribution in [0.4, 0.5) is 0 Å². The summed E-state index contributed by atoms with van der Waals surface area (Å²) in [4.78, 5) is 2.98. The van der Waals surface area contributed by atoms with Gasteiger partial charge in [-0.1, -0.05) is 11.6 Å². The van der Waals surface area contributed by atoms with Crippen LogP contribution in [0.3, 0.4) is 0 Å². The summed E-state index contributed by atoms with van der Waals surface area (Å²) in [6.45, 7) is 1.19. The number of nitrogens with one attached hydrogen (secondary N) is 1. The molecule has 1 aliphatic carbocycles. The van der Waals surface area contributed by atoms with Crippen LogP contribution in [-0.2, 0) is 0 Å². The fourth-order valence-electron chi connectivity index (χ4n) is 1.03. The smallest absolute Gasteiger partial charge is 0.314 e. The molecule has 1 rings (SSSR count). The van der Waals surface area contributed by atoms with Crippen molar-refractivity contribution in [1.82, 2.24) is 5.32 Å². The summed E-state index contributed by atoms with van der Waals surface area (Å²) >= 11 is 5.73. The molecule has 14 heavy (non-hydrogen) atoms. The van der Waals surface area contributed by atoms with Gasteiger partial charge in [0.2, 0.25) is 5.91 Å². The molecular weight excluding hydrogens is 206 g/mol. The molecule has 0 radical (unpaired) electrons. The fraction of sp³-hybridized carbons (Fsp3) is 0.375. The minimum absolute atomic E-state index is 0.266. The van der Waals surface area contributed by atoms with E-state index >= 15 is 0 Å². The summed E-state index contributed by atoms with van der Waals surface area (Å²) in [5.74, 6) is -1.99. The van der Waals surface area contributed by atoms with Gasteiger partial charge in [-0.3, -0.25) is 0 Å². The molecule has 0 bridgehead atoms. The van der Waals surface area contributed by atoms with Crippen LogP contribution in [0.1, 0.15) is 13.3 Å². The third kappa shape index (κ3) is 2.97. The van der Waals surface area contributed by atoms with Gasteiger partial charge in [-0.15, -0.1) is 0 Å². The average Bonchev–Trinajstić information content (AvgIpc) is 2.01. The zero-order valence-electron chi connectivity index (χ0n) is 7.53. The maximum absolute atomic E-state index is 9.03. The van der Waals surface area contributed by atoms with E-state index in [4.69, 9.17) is 27.3 Å². The largest absolute Gasteiger partial charge is 0.361 e. The Hall–Kier alpha value is -1.13. The number of rotatable bonds is 2. The first-order chi connectivity index (χ1) is 6.42. The van der Waals surface area contributed by atoms with Crippen LogP contribution < -0.4 is 5.32 Å². The number of hydrogen-bond donors (Lipinski definition) is 3. The van der Waals surface area contributed by atoms with Crippen molar-refractivity contribution in [1.29, 1.82) is 0 Å². The van der Waals surface area contributed by atoms with E-state index in [1.807, 2.05) is 0 Å². The van der Waals surface area contributed by atoms with Gasteiger partial charge in [0.15, 0.2) is 0 Å². The molecule has 0 unspecified atom stereocenters. The Morgan fingerprint density at radius 1 is 1.64 bits per heavy atom. The monoisotopic (exact) mass is 215 g/mol. The highest BCUT2D eigenvalue weighted by Crippen LogP contribution is 2.16. The Morgan fingerprint density at radius 2 is 2.29 bits per heavy atom. The lowest BCUT2D eigenvalue weighted by atomic mass is 10.1. The molecule has 0 aromatic carbocycles. The van der Waals surface area contributed by atoms with Gasteiger partial charge in [-0.2, -0.15) is 4.79 Å². The quantitative estimate of drug-likeness (QED) is 0.352. The van der Waals surface area contributed by atoms with Crippen molar-refractivity contribution < 1.29 is 15.0 Å². The van der Waals surface area contributed by atoms with Crippen LogP contribution in [0.5, 0.6) is 0 Å². The van der Waals surface area contributed by atoms with Gasteiger partial charge in [0.1, 0.15) is 5.03 Å². The number of halogens is 1. The van der Waals surface area contributed by atoms with E-state index in [1.54, 1.807) is 6.08 Å². The molecule has 0 amide bonds. The first-order valence-electron chi connectivity index (χ1n) is 3.94. The maximum atomic E-state index is 9.03. The SMILES string of the molecule is CC(O)(O)NC1=CCC(=[N+]=[N-])C(Cl)=C1. The Labute approximate surface area is 85.9 Å². The minimum atomic E-state index is -1.99. The summed E-state index contributed by atoms with van der Waals surface area (Å²) in [7, 11) is 0. The highest BCUT2D eigenvalue weighted by atomic mass is 35.5. The number of allylic oxidation sites excluding steroid dienone is 3. The van der Waals surface area contributed by atoms with Crippen LogP contribution in [0.2, 0.25) is 0 Å². The molecule has 0 saturated heterocycles. The van der Waals surface area contributed by atoms with Crippen LogP contribution in [0.25, 0.3) is 5.53 Å². The molecule has 3 N–H and O–H groups in total. The third-order valence-corrected chi connectivity index (χ3v) is 1.90. The van der Waals surface area contributed by atoms with Crippen molar-refractivity contribution in [3.63, 3.8) is 0 Å². The molecule has 1 aliphatic rings. The van der Waals surface area contributed by atoms with Gasteiger partial charge < -0.3 is 21.1 Å². The Morgan fingerprint density at radius 3 is 2.71 bits per heavy atom. The zero-order valence-corrected chi connectivity index (χ0v) is 8.28. The summed E-state index contributed by atoms with van der Waals surface area (Å²) in [5, 5.41) is 20.7. The molecule has 5 nitrogen and oxygen atoms in total. The Bertz CT molecular complexity index is 348. The van der Waals surface area contributed by atoms with Gasteiger partial charge >= 0.3 is 5.71 Å². The van der Waals surface area contributed by atoms with E-state index in [0.29, 0.717) is 17.8 Å². The second kappa shape index (κ2) is 3.94. The lowest BCUT2D eigenvalue weighted by Gasteiger charge is -2.20. The second-order valence-corrected chi connectivity index (χ2v) is 3.46. The van der Waals surface area contributed by atoms with Crippen LogP contribution in [-0.4, -0.2) is 26.6 Å². The molecule has 6 heteroatoms. The van der Waals surface area contributed by atoms with Crippen molar-refractivity contribution >= 4 is 17.3 Å². The van der Waals surface area contributed by atoms with Crippen molar-refractivity contribution in [2.75, 3.05) is 0 Å². The van der Waals surface area contributed by atoms with Crippen LogP contribution in [0, 0.1) is 0 Å². The van der Waals surface area contributed by atoms with Gasteiger partial charge in [-0.05, 0) is 12.2 Å². The summed E-state index contributed by atoms with van der Waals surface area (Å²) in [6, 6.07) is 0. The van der Waals surface area contributed by atoms with Crippen molar-refractivity contribution in [2.24, 2.45) is 0 Å². The molecule has 0 aliphatic heterocycles. The molecule has 0 saturated carbocycles. The normalized spacial score (nSPS) is 17.0. The van der Waals surface area contributed by atoms with Gasteiger partial charge in [0, 0.05) is 12.6 Å². The van der Waals surface area contributed by atoms with E-state index in [9.17, 15) is 0 Å². The Balaban J connectivity index is 2.79. The predicted octanol–water partition coefficient (Wildman–Crippen LogP) is 0.315. The standard InChI is InChI=1S/C8H10ClN3O2/c1-8(13,14)11-5-2-3-7(12-10)6(9)4-5/h2,4,11,13-14H,3H2,1H3. The minimum Gasteiger partial charge on any atom is -0.361 e. The van der Waals surface area contributed by atoms with Crippen LogP contribution in [0.15, 0.2) is 22.9 Å². The maximum Gasteiger partial charge on any atom is 0.314 e. The molecule has 0 aromatic heterocycles. The van der Waals surface area contributed by atoms with Gasteiger partial charge in [0.25, 0.3) is 0 Å². The molecule has 76 valence electrons. The van der Waals surface area contributed by atoms with E-state index in [-0.39, 0.29) is 5.03 Å². The van der Waals surface area contributed by atoms with E-state index in [1.165, 1.54) is 13.0 Å². The first kappa shape index (κ1) is 10.9. The first-order valence-corrected chi connectivity index (χ1v) is 4.32. The highest BCUT2D eigenvalue weighted by molar-refractivity contribution is 6.43. The van der Waals surface area contributed by atoms with E-state index < -0.39 is 5.91 Å². The van der Waals surface area contributed by atoms with E-state index in [0.717, 1.165) is 0 Å². The predicted molar refractivity (Wildman–Crippen MR) is 51.2 cm³/mol. The van der Waals surface area contributed by atoms with Crippen molar-refractivity contribution in [2.45, 2.75) is 19.3 Å². The number of nitrogens with zero attached hydrogens (tertiary/aromatic N) is 2. The number of hydrogen-bond acceptors (Lipinski definition) is 3. The Kier molecular flexibility index (Phi) is 3.08. The molecule has 0 atom stereocenters. The van der Waals surface area contributed by atoms with Crippen molar-refractivity contribution in [3.05, 3.63) is 28.4 Å².